The van der Waals surface area contributed by atoms with Crippen LogP contribution in [-0.4, -0.2) is 11.7 Å². The summed E-state index contributed by atoms with van der Waals surface area (Å²) in [5.41, 5.74) is 12.2. The van der Waals surface area contributed by atoms with Gasteiger partial charge >= 0.3 is 0 Å². The topological polar surface area (TPSA) is 99.7 Å². The smallest absolute Gasteiger partial charge is 0.122 e. The first-order chi connectivity index (χ1) is 7.58. The van der Waals surface area contributed by atoms with Gasteiger partial charge in [-0.25, -0.2) is 0 Å². The van der Waals surface area contributed by atoms with Gasteiger partial charge in [-0.15, -0.1) is 0 Å². The van der Waals surface area contributed by atoms with E-state index >= 15 is 0 Å². The minimum atomic E-state index is 0.0533. The van der Waals surface area contributed by atoms with Gasteiger partial charge in [0.2, 0.25) is 0 Å². The quantitative estimate of drug-likeness (QED) is 0.447. The molecule has 6 N–H and O–H groups in total. The van der Waals surface area contributed by atoms with E-state index in [1.165, 1.54) is 0 Å². The monoisotopic (exact) mass is 212 g/mol. The molecule has 0 heterocycles. The zero-order valence-electron chi connectivity index (χ0n) is 8.62. The van der Waals surface area contributed by atoms with Crippen molar-refractivity contribution in [1.29, 1.82) is 10.8 Å². The zero-order valence-corrected chi connectivity index (χ0v) is 8.62. The van der Waals surface area contributed by atoms with Gasteiger partial charge in [0.1, 0.15) is 11.7 Å². The molecule has 2 rings (SSSR count). The van der Waals surface area contributed by atoms with Crippen molar-refractivity contribution in [2.45, 2.75) is 0 Å². The molecule has 0 fully saturated rings. The van der Waals surface area contributed by atoms with Crippen LogP contribution in [0.3, 0.4) is 0 Å². The fraction of sp³-hybridized carbons (Fsp3) is 0. The van der Waals surface area contributed by atoms with Crippen molar-refractivity contribution in [3.8, 4) is 0 Å². The van der Waals surface area contributed by atoms with E-state index in [1.807, 2.05) is 24.3 Å². The molecule has 0 aliphatic carbocycles. The Balaban J connectivity index is 2.61. The minimum Gasteiger partial charge on any atom is -0.384 e. The number of rotatable bonds is 2. The number of nitrogens with two attached hydrogens (primary N) is 2. The summed E-state index contributed by atoms with van der Waals surface area (Å²) in [4.78, 5) is 0. The van der Waals surface area contributed by atoms with E-state index in [0.29, 0.717) is 11.1 Å². The predicted octanol–water partition coefficient (Wildman–Crippen LogP) is 1.41. The summed E-state index contributed by atoms with van der Waals surface area (Å²) in [6, 6.07) is 11.0. The molecule has 0 spiro atoms. The number of hydrogen-bond acceptors (Lipinski definition) is 2. The van der Waals surface area contributed by atoms with Crippen LogP contribution in [0.5, 0.6) is 0 Å². The molecule has 0 saturated heterocycles. The van der Waals surface area contributed by atoms with E-state index in [4.69, 9.17) is 22.3 Å². The fourth-order valence-corrected chi connectivity index (χ4v) is 1.58. The van der Waals surface area contributed by atoms with E-state index in [-0.39, 0.29) is 11.7 Å². The highest BCUT2D eigenvalue weighted by atomic mass is 14.7. The maximum Gasteiger partial charge on any atom is 0.122 e. The second-order valence-corrected chi connectivity index (χ2v) is 3.60. The average Bonchev–Trinajstić information content (AvgIpc) is 2.27. The molecule has 4 nitrogen and oxygen atoms in total. The lowest BCUT2D eigenvalue weighted by atomic mass is 10.0. The van der Waals surface area contributed by atoms with E-state index in [1.54, 1.807) is 12.1 Å². The summed E-state index contributed by atoms with van der Waals surface area (Å²) >= 11 is 0. The van der Waals surface area contributed by atoms with Crippen LogP contribution in [0.4, 0.5) is 0 Å². The molecular weight excluding hydrogens is 200 g/mol. The van der Waals surface area contributed by atoms with Crippen molar-refractivity contribution in [3.05, 3.63) is 47.5 Å². The van der Waals surface area contributed by atoms with E-state index in [2.05, 4.69) is 0 Å². The molecule has 2 aromatic rings. The van der Waals surface area contributed by atoms with Crippen molar-refractivity contribution < 1.29 is 0 Å². The SMILES string of the molecule is N=C(N)c1ccc2cc(C(=N)N)ccc2c1. The first-order valence-corrected chi connectivity index (χ1v) is 4.80. The minimum absolute atomic E-state index is 0.0533. The second-order valence-electron chi connectivity index (χ2n) is 3.60. The molecule has 0 saturated carbocycles. The van der Waals surface area contributed by atoms with Crippen LogP contribution in [0, 0.1) is 10.8 Å². The maximum atomic E-state index is 7.34. The van der Waals surface area contributed by atoms with Gasteiger partial charge in [0, 0.05) is 11.1 Å². The third kappa shape index (κ3) is 1.72. The normalized spacial score (nSPS) is 10.2. The van der Waals surface area contributed by atoms with Gasteiger partial charge in [-0.1, -0.05) is 24.3 Å². The van der Waals surface area contributed by atoms with E-state index in [0.717, 1.165) is 10.8 Å². The Morgan fingerprint density at radius 3 is 1.44 bits per heavy atom. The molecule has 16 heavy (non-hydrogen) atoms. The van der Waals surface area contributed by atoms with Gasteiger partial charge in [0.05, 0.1) is 0 Å². The summed E-state index contributed by atoms with van der Waals surface area (Å²) < 4.78 is 0. The number of fused-ring (bicyclic) bond motifs is 1. The average molecular weight is 212 g/mol. The first kappa shape index (κ1) is 10.2. The van der Waals surface area contributed by atoms with Crippen molar-refractivity contribution >= 4 is 22.4 Å². The molecule has 0 aliphatic heterocycles. The van der Waals surface area contributed by atoms with Crippen LogP contribution in [0.15, 0.2) is 36.4 Å². The van der Waals surface area contributed by atoms with Gasteiger partial charge in [-0.05, 0) is 22.9 Å². The largest absolute Gasteiger partial charge is 0.384 e. The molecule has 0 aliphatic rings. The van der Waals surface area contributed by atoms with Gasteiger partial charge in [-0.3, -0.25) is 10.8 Å². The number of nitrogens with one attached hydrogen (secondary N) is 2. The Hall–Kier alpha value is -2.36. The lowest BCUT2D eigenvalue weighted by molar-refractivity contribution is 1.42. The molecule has 0 atom stereocenters. The zero-order chi connectivity index (χ0) is 11.7. The number of nitrogen functional groups attached to an aromatic ring is 2. The molecule has 0 radical (unpaired) electrons. The highest BCUT2D eigenvalue weighted by molar-refractivity contribution is 6.02. The molecule has 0 bridgehead atoms. The van der Waals surface area contributed by atoms with E-state index in [9.17, 15) is 0 Å². The predicted molar refractivity (Wildman–Crippen MR) is 66.0 cm³/mol. The van der Waals surface area contributed by atoms with E-state index < -0.39 is 0 Å². The van der Waals surface area contributed by atoms with Crippen molar-refractivity contribution in [2.75, 3.05) is 0 Å². The number of benzene rings is 2. The Bertz CT molecular complexity index is 533. The second kappa shape index (κ2) is 3.66. The van der Waals surface area contributed by atoms with Gasteiger partial charge in [0.25, 0.3) is 0 Å². The molecule has 80 valence electrons. The number of amidine groups is 2. The van der Waals surface area contributed by atoms with Crippen LogP contribution < -0.4 is 11.5 Å². The van der Waals surface area contributed by atoms with Gasteiger partial charge in [-0.2, -0.15) is 0 Å². The summed E-state index contributed by atoms with van der Waals surface area (Å²) in [7, 11) is 0. The Kier molecular flexibility index (Phi) is 2.32. The number of hydrogen-bond donors (Lipinski definition) is 4. The summed E-state index contributed by atoms with van der Waals surface area (Å²) in [6.07, 6.45) is 0. The lowest BCUT2D eigenvalue weighted by Gasteiger charge is -2.04. The third-order valence-electron chi connectivity index (χ3n) is 2.46. The van der Waals surface area contributed by atoms with Crippen LogP contribution in [0.1, 0.15) is 11.1 Å². The summed E-state index contributed by atoms with van der Waals surface area (Å²) in [5.74, 6) is 0.107. The molecule has 4 heteroatoms. The Labute approximate surface area is 92.9 Å². The van der Waals surface area contributed by atoms with Crippen LogP contribution in [-0.2, 0) is 0 Å². The molecular formula is C12H12N4. The maximum absolute atomic E-state index is 7.34. The summed E-state index contributed by atoms with van der Waals surface area (Å²) in [5, 5.41) is 16.7. The first-order valence-electron chi connectivity index (χ1n) is 4.80. The van der Waals surface area contributed by atoms with Crippen molar-refractivity contribution in [2.24, 2.45) is 11.5 Å². The Morgan fingerprint density at radius 1 is 0.750 bits per heavy atom. The van der Waals surface area contributed by atoms with Gasteiger partial charge in [0.15, 0.2) is 0 Å². The molecule has 0 aromatic heterocycles. The molecule has 0 amide bonds. The summed E-state index contributed by atoms with van der Waals surface area (Å²) in [6.45, 7) is 0. The van der Waals surface area contributed by atoms with Crippen molar-refractivity contribution in [1.82, 2.24) is 0 Å². The third-order valence-corrected chi connectivity index (χ3v) is 2.46. The van der Waals surface area contributed by atoms with Gasteiger partial charge < -0.3 is 11.5 Å². The van der Waals surface area contributed by atoms with Crippen LogP contribution in [0.25, 0.3) is 10.8 Å². The highest BCUT2D eigenvalue weighted by Crippen LogP contribution is 2.17. The fourth-order valence-electron chi connectivity index (χ4n) is 1.58. The van der Waals surface area contributed by atoms with Crippen molar-refractivity contribution in [3.63, 3.8) is 0 Å². The lowest BCUT2D eigenvalue weighted by Crippen LogP contribution is -2.11. The molecule has 2 aromatic carbocycles. The Morgan fingerprint density at radius 2 is 1.12 bits per heavy atom. The highest BCUT2D eigenvalue weighted by Gasteiger charge is 2.01. The van der Waals surface area contributed by atoms with Crippen LogP contribution in [0.2, 0.25) is 0 Å². The molecule has 0 unspecified atom stereocenters. The standard InChI is InChI=1S/C12H12N4/c13-11(14)9-3-1-7-5-10(12(15)16)4-2-8(7)6-9/h1-6H,(H3,13,14)(H3,15,16). The van der Waals surface area contributed by atoms with Crippen LogP contribution >= 0.6 is 0 Å².